The molecule has 1 aliphatic rings. The van der Waals surface area contributed by atoms with E-state index in [1.807, 2.05) is 0 Å². The lowest BCUT2D eigenvalue weighted by atomic mass is 9.93. The fraction of sp³-hybridized carbons (Fsp3) is 0.500. The van der Waals surface area contributed by atoms with Crippen LogP contribution in [-0.4, -0.2) is 43.5 Å². The molecule has 2 aromatic heterocycles. The first kappa shape index (κ1) is 13.3. The number of aromatic nitrogens is 5. The van der Waals surface area contributed by atoms with Crippen LogP contribution < -0.4 is 5.32 Å². The van der Waals surface area contributed by atoms with Gasteiger partial charge in [0.2, 0.25) is 11.2 Å². The van der Waals surface area contributed by atoms with Gasteiger partial charge in [-0.05, 0) is 37.4 Å². The lowest BCUT2D eigenvalue weighted by Crippen LogP contribution is -2.41. The molecule has 0 atom stereocenters. The van der Waals surface area contributed by atoms with Crippen molar-refractivity contribution in [3.63, 3.8) is 0 Å². The molecular weight excluding hydrogens is 280 g/mol. The molecule has 20 heavy (non-hydrogen) atoms. The van der Waals surface area contributed by atoms with Crippen molar-refractivity contribution in [3.05, 3.63) is 23.7 Å². The third kappa shape index (κ3) is 2.88. The van der Waals surface area contributed by atoms with Crippen LogP contribution in [0.2, 0.25) is 5.28 Å². The highest BCUT2D eigenvalue weighted by molar-refractivity contribution is 6.28. The second kappa shape index (κ2) is 5.34. The molecule has 1 saturated heterocycles. The van der Waals surface area contributed by atoms with Gasteiger partial charge in [0.25, 0.3) is 5.95 Å². The van der Waals surface area contributed by atoms with Crippen molar-refractivity contribution >= 4 is 17.5 Å². The molecule has 1 fully saturated rings. The van der Waals surface area contributed by atoms with E-state index in [4.69, 9.17) is 16.3 Å². The molecule has 0 radical (unpaired) electrons. The Morgan fingerprint density at radius 3 is 2.80 bits per heavy atom. The van der Waals surface area contributed by atoms with Gasteiger partial charge in [0, 0.05) is 31.1 Å². The van der Waals surface area contributed by atoms with Crippen molar-refractivity contribution in [1.29, 1.82) is 0 Å². The summed E-state index contributed by atoms with van der Waals surface area (Å²) in [7, 11) is 0. The molecule has 8 heteroatoms. The van der Waals surface area contributed by atoms with Crippen molar-refractivity contribution in [2.24, 2.45) is 0 Å². The number of anilines is 1. The Bertz CT molecular complexity index is 582. The minimum Gasteiger partial charge on any atom is -0.381 e. The first-order chi connectivity index (χ1) is 9.65. The van der Waals surface area contributed by atoms with Crippen LogP contribution in [0, 0.1) is 0 Å². The molecule has 0 amide bonds. The molecule has 0 unspecified atom stereocenters. The van der Waals surface area contributed by atoms with E-state index >= 15 is 0 Å². The number of halogens is 1. The summed E-state index contributed by atoms with van der Waals surface area (Å²) in [6.07, 6.45) is 5.21. The third-order valence-corrected chi connectivity index (χ3v) is 3.48. The van der Waals surface area contributed by atoms with E-state index in [1.165, 1.54) is 0 Å². The van der Waals surface area contributed by atoms with Crippen LogP contribution in [0.5, 0.6) is 0 Å². The molecular formula is C12H15ClN6O. The first-order valence-corrected chi connectivity index (χ1v) is 6.80. The molecule has 0 spiro atoms. The van der Waals surface area contributed by atoms with Gasteiger partial charge in [-0.3, -0.25) is 0 Å². The summed E-state index contributed by atoms with van der Waals surface area (Å²) in [6.45, 7) is 3.59. The van der Waals surface area contributed by atoms with E-state index in [9.17, 15) is 0 Å². The van der Waals surface area contributed by atoms with E-state index in [0.717, 1.165) is 26.1 Å². The first-order valence-electron chi connectivity index (χ1n) is 6.42. The fourth-order valence-corrected chi connectivity index (χ4v) is 2.26. The van der Waals surface area contributed by atoms with E-state index in [1.54, 1.807) is 23.1 Å². The summed E-state index contributed by atoms with van der Waals surface area (Å²) in [6, 6.07) is 1.80. The Morgan fingerprint density at radius 2 is 2.10 bits per heavy atom. The molecule has 2 aromatic rings. The Morgan fingerprint density at radius 1 is 1.30 bits per heavy atom. The Kier molecular flexibility index (Phi) is 3.54. The zero-order chi connectivity index (χ0) is 14.0. The van der Waals surface area contributed by atoms with Crippen molar-refractivity contribution in [2.75, 3.05) is 18.5 Å². The molecule has 106 valence electrons. The average molecular weight is 295 g/mol. The quantitative estimate of drug-likeness (QED) is 0.928. The smallest absolute Gasteiger partial charge is 0.256 e. The molecule has 7 nitrogen and oxygen atoms in total. The van der Waals surface area contributed by atoms with Crippen LogP contribution in [-0.2, 0) is 4.74 Å². The zero-order valence-electron chi connectivity index (χ0n) is 11.1. The number of nitrogens with one attached hydrogen (secondary N) is 1. The molecule has 1 N–H and O–H groups in total. The summed E-state index contributed by atoms with van der Waals surface area (Å²) in [5.41, 5.74) is -0.0929. The van der Waals surface area contributed by atoms with E-state index in [2.05, 4.69) is 32.3 Å². The number of hydrogen-bond acceptors (Lipinski definition) is 6. The minimum absolute atomic E-state index is 0.0929. The lowest BCUT2D eigenvalue weighted by molar-refractivity contribution is 0.0656. The molecule has 3 rings (SSSR count). The molecule has 1 aliphatic heterocycles. The molecule has 3 heterocycles. The predicted octanol–water partition coefficient (Wildman–Crippen LogP) is 1.69. The summed E-state index contributed by atoms with van der Waals surface area (Å²) >= 11 is 5.96. The summed E-state index contributed by atoms with van der Waals surface area (Å²) in [5.74, 6) is 0.855. The number of nitrogens with zero attached hydrogens (tertiary/aromatic N) is 5. The molecule has 0 aliphatic carbocycles. The molecule has 0 bridgehead atoms. The largest absolute Gasteiger partial charge is 0.381 e. The summed E-state index contributed by atoms with van der Waals surface area (Å²) in [5, 5.41) is 7.57. The number of hydrogen-bond donors (Lipinski definition) is 1. The van der Waals surface area contributed by atoms with Crippen LogP contribution in [0.1, 0.15) is 19.8 Å². The topological polar surface area (TPSA) is 77.8 Å². The van der Waals surface area contributed by atoms with Gasteiger partial charge < -0.3 is 10.1 Å². The van der Waals surface area contributed by atoms with Gasteiger partial charge in [0.1, 0.15) is 0 Å². The highest BCUT2D eigenvalue weighted by Gasteiger charge is 2.28. The van der Waals surface area contributed by atoms with Crippen LogP contribution in [0.4, 0.5) is 5.95 Å². The number of ether oxygens (including phenoxy) is 1. The standard InChI is InChI=1S/C12H15ClN6O/c1-12(3-7-20-8-4-12)18-10-15-9(13)16-11(17-10)19-6-2-5-14-19/h2,5-6H,3-4,7-8H2,1H3,(H,15,16,17,18). The van der Waals surface area contributed by atoms with Crippen molar-refractivity contribution in [2.45, 2.75) is 25.3 Å². The van der Waals surface area contributed by atoms with Gasteiger partial charge in [-0.15, -0.1) is 0 Å². The minimum atomic E-state index is -0.0929. The highest BCUT2D eigenvalue weighted by Crippen LogP contribution is 2.24. The normalized spacial score (nSPS) is 17.9. The van der Waals surface area contributed by atoms with E-state index in [-0.39, 0.29) is 10.8 Å². The zero-order valence-corrected chi connectivity index (χ0v) is 11.8. The second-order valence-corrected chi connectivity index (χ2v) is 5.31. The monoisotopic (exact) mass is 294 g/mol. The van der Waals surface area contributed by atoms with E-state index < -0.39 is 0 Å². The summed E-state index contributed by atoms with van der Waals surface area (Å²) in [4.78, 5) is 12.6. The average Bonchev–Trinajstić information content (AvgIpc) is 2.92. The van der Waals surface area contributed by atoms with Crippen molar-refractivity contribution in [3.8, 4) is 5.95 Å². The molecule has 0 saturated carbocycles. The predicted molar refractivity (Wildman–Crippen MR) is 74.0 cm³/mol. The van der Waals surface area contributed by atoms with Crippen molar-refractivity contribution in [1.82, 2.24) is 24.7 Å². The van der Waals surface area contributed by atoms with Crippen molar-refractivity contribution < 1.29 is 4.74 Å². The summed E-state index contributed by atoms with van der Waals surface area (Å²) < 4.78 is 6.92. The van der Waals surface area contributed by atoms with Crippen LogP contribution >= 0.6 is 11.6 Å². The van der Waals surface area contributed by atoms with Crippen LogP contribution in [0.25, 0.3) is 5.95 Å². The maximum absolute atomic E-state index is 5.96. The lowest BCUT2D eigenvalue weighted by Gasteiger charge is -2.34. The van der Waals surface area contributed by atoms with Crippen LogP contribution in [0.3, 0.4) is 0 Å². The Balaban J connectivity index is 1.86. The fourth-order valence-electron chi connectivity index (χ4n) is 2.10. The SMILES string of the molecule is CC1(Nc2nc(Cl)nc(-n3cccn3)n2)CCOCC1. The van der Waals surface area contributed by atoms with Gasteiger partial charge in [0.15, 0.2) is 0 Å². The van der Waals surface area contributed by atoms with Gasteiger partial charge >= 0.3 is 0 Å². The van der Waals surface area contributed by atoms with Crippen LogP contribution in [0.15, 0.2) is 18.5 Å². The Labute approximate surface area is 121 Å². The maximum atomic E-state index is 5.96. The third-order valence-electron chi connectivity index (χ3n) is 3.32. The van der Waals surface area contributed by atoms with E-state index in [0.29, 0.717) is 11.9 Å². The van der Waals surface area contributed by atoms with Gasteiger partial charge in [-0.1, -0.05) is 0 Å². The van der Waals surface area contributed by atoms with Gasteiger partial charge in [-0.25, -0.2) is 4.68 Å². The maximum Gasteiger partial charge on any atom is 0.256 e. The second-order valence-electron chi connectivity index (χ2n) is 4.98. The number of rotatable bonds is 3. The Hall–Kier alpha value is -1.73. The molecule has 0 aromatic carbocycles. The van der Waals surface area contributed by atoms with Gasteiger partial charge in [-0.2, -0.15) is 20.1 Å². The van der Waals surface area contributed by atoms with Gasteiger partial charge in [0.05, 0.1) is 0 Å². The highest BCUT2D eigenvalue weighted by atomic mass is 35.5.